The van der Waals surface area contributed by atoms with Crippen LogP contribution in [0.4, 0.5) is 10.1 Å². The van der Waals surface area contributed by atoms with Crippen LogP contribution in [0.2, 0.25) is 0 Å². The van der Waals surface area contributed by atoms with E-state index in [1.54, 1.807) is 24.3 Å². The Morgan fingerprint density at radius 3 is 2.65 bits per heavy atom. The molecule has 0 unspecified atom stereocenters. The van der Waals surface area contributed by atoms with E-state index in [1.807, 2.05) is 23.3 Å². The molecule has 0 radical (unpaired) electrons. The second-order valence-electron chi connectivity index (χ2n) is 9.43. The molecule has 0 saturated carbocycles. The minimum Gasteiger partial charge on any atom is -0.494 e. The van der Waals surface area contributed by atoms with E-state index in [4.69, 9.17) is 4.74 Å². The molecule has 1 N–H and O–H groups in total. The maximum Gasteiger partial charge on any atom is 0.199 e. The van der Waals surface area contributed by atoms with Crippen LogP contribution in [0.25, 0.3) is 32.8 Å². The lowest BCUT2D eigenvalue weighted by Crippen LogP contribution is -2.50. The molecule has 34 heavy (non-hydrogen) atoms. The largest absolute Gasteiger partial charge is 0.494 e. The van der Waals surface area contributed by atoms with Gasteiger partial charge in [0.15, 0.2) is 11.2 Å². The van der Waals surface area contributed by atoms with Crippen molar-refractivity contribution in [3.8, 4) is 11.8 Å². The van der Waals surface area contributed by atoms with Crippen molar-refractivity contribution in [3.05, 3.63) is 45.9 Å². The predicted octanol–water partition coefficient (Wildman–Crippen LogP) is 4.38. The molecule has 176 valence electrons. The number of halogens is 1. The van der Waals surface area contributed by atoms with Gasteiger partial charge in [0, 0.05) is 42.6 Å². The Hall–Kier alpha value is -3.57. The maximum atomic E-state index is 16.5. The number of aromatic amines is 1. The lowest BCUT2D eigenvalue weighted by molar-refractivity contribution is 0.232. The van der Waals surface area contributed by atoms with Gasteiger partial charge in [-0.05, 0) is 46.0 Å². The third-order valence-corrected chi connectivity index (χ3v) is 7.05. The van der Waals surface area contributed by atoms with Gasteiger partial charge >= 0.3 is 0 Å². The van der Waals surface area contributed by atoms with Crippen molar-refractivity contribution in [2.75, 3.05) is 38.7 Å². The Morgan fingerprint density at radius 1 is 1.24 bits per heavy atom. The molecule has 5 rings (SSSR count). The lowest BCUT2D eigenvalue weighted by Gasteiger charge is -2.39. The summed E-state index contributed by atoms with van der Waals surface area (Å²) in [5, 5.41) is 10.8. The monoisotopic (exact) mass is 461 g/mol. The fourth-order valence-corrected chi connectivity index (χ4v) is 5.14. The van der Waals surface area contributed by atoms with Crippen LogP contribution in [0.1, 0.15) is 32.4 Å². The molecule has 1 atom stereocenters. The number of H-pyrrole nitrogens is 1. The Bertz CT molecular complexity index is 1550. The molecule has 4 aromatic rings. The van der Waals surface area contributed by atoms with E-state index in [9.17, 15) is 10.1 Å². The number of nitrogens with zero attached hydrogens (tertiary/aromatic N) is 4. The number of piperazine rings is 1. The molecule has 8 heteroatoms. The summed E-state index contributed by atoms with van der Waals surface area (Å²) in [7, 11) is 3.58. The predicted molar refractivity (Wildman–Crippen MR) is 133 cm³/mol. The highest BCUT2D eigenvalue weighted by molar-refractivity contribution is 6.10. The van der Waals surface area contributed by atoms with Gasteiger partial charge in [-0.25, -0.2) is 4.39 Å². The summed E-state index contributed by atoms with van der Waals surface area (Å²) in [6.45, 7) is 8.18. The van der Waals surface area contributed by atoms with Gasteiger partial charge in [-0.2, -0.15) is 5.26 Å². The molecule has 1 saturated heterocycles. The maximum absolute atomic E-state index is 16.5. The molecule has 2 aromatic carbocycles. The summed E-state index contributed by atoms with van der Waals surface area (Å²) < 4.78 is 24.0. The average molecular weight is 462 g/mol. The van der Waals surface area contributed by atoms with Crippen molar-refractivity contribution in [1.29, 1.82) is 5.26 Å². The number of aromatic nitrogens is 2. The molecule has 0 aliphatic carbocycles. The number of ether oxygens (including phenoxy) is 1. The standard InChI is InChI=1S/C26H28FN5O2/c1-14(2)32-23-18(25(33)21-17-7-6-16(12-28)10-19(17)29-26(21)32)11-20(34-5)24(22(23)27)31-9-8-30(4)15(3)13-31/h6-7,10-11,14-15,29H,8-9,13H2,1-5H3/t15-/m0/s1. The molecule has 0 amide bonds. The number of methoxy groups -OCH3 is 1. The summed E-state index contributed by atoms with van der Waals surface area (Å²) in [6, 6.07) is 9.13. The van der Waals surface area contributed by atoms with Crippen molar-refractivity contribution in [2.24, 2.45) is 0 Å². The molecule has 0 spiro atoms. The van der Waals surface area contributed by atoms with E-state index in [2.05, 4.69) is 29.9 Å². The number of likely N-dealkylation sites (N-methyl/N-ethyl adjacent to an activating group) is 1. The average Bonchev–Trinajstić information content (AvgIpc) is 3.19. The minimum atomic E-state index is -0.449. The van der Waals surface area contributed by atoms with Crippen molar-refractivity contribution in [3.63, 3.8) is 0 Å². The third kappa shape index (κ3) is 3.15. The van der Waals surface area contributed by atoms with Crippen molar-refractivity contribution < 1.29 is 9.13 Å². The number of fused-ring (bicyclic) bond motifs is 4. The zero-order valence-corrected chi connectivity index (χ0v) is 20.1. The van der Waals surface area contributed by atoms with E-state index in [1.165, 1.54) is 7.11 Å². The Balaban J connectivity index is 1.90. The summed E-state index contributed by atoms with van der Waals surface area (Å²) in [5.74, 6) is -0.0877. The number of pyridine rings is 1. The quantitative estimate of drug-likeness (QED) is 0.490. The Morgan fingerprint density at radius 2 is 2.00 bits per heavy atom. The number of nitrogens with one attached hydrogen (secondary N) is 1. The van der Waals surface area contributed by atoms with Crippen LogP contribution < -0.4 is 15.1 Å². The van der Waals surface area contributed by atoms with E-state index >= 15 is 4.39 Å². The summed E-state index contributed by atoms with van der Waals surface area (Å²) >= 11 is 0. The number of rotatable bonds is 3. The smallest absolute Gasteiger partial charge is 0.199 e. The third-order valence-electron chi connectivity index (χ3n) is 7.05. The second-order valence-corrected chi connectivity index (χ2v) is 9.43. The first-order chi connectivity index (χ1) is 16.3. The second kappa shape index (κ2) is 8.03. The minimum absolute atomic E-state index is 0.128. The highest BCUT2D eigenvalue weighted by atomic mass is 19.1. The molecular formula is C26H28FN5O2. The lowest BCUT2D eigenvalue weighted by atomic mass is 10.0. The first-order valence-electron chi connectivity index (χ1n) is 11.5. The van der Waals surface area contributed by atoms with Crippen molar-refractivity contribution >= 4 is 38.5 Å². The van der Waals surface area contributed by atoms with Crippen LogP contribution in [0.15, 0.2) is 29.1 Å². The molecule has 0 bridgehead atoms. The molecule has 7 nitrogen and oxygen atoms in total. The van der Waals surface area contributed by atoms with E-state index in [0.29, 0.717) is 52.0 Å². The zero-order valence-electron chi connectivity index (χ0n) is 20.1. The van der Waals surface area contributed by atoms with Gasteiger partial charge in [0.05, 0.1) is 35.0 Å². The van der Waals surface area contributed by atoms with E-state index in [0.717, 1.165) is 6.54 Å². The van der Waals surface area contributed by atoms with Crippen LogP contribution >= 0.6 is 0 Å². The topological polar surface area (TPSA) is 77.3 Å². The highest BCUT2D eigenvalue weighted by Crippen LogP contribution is 2.39. The zero-order chi connectivity index (χ0) is 24.3. The van der Waals surface area contributed by atoms with Gasteiger partial charge in [-0.3, -0.25) is 4.79 Å². The number of hydrogen-bond donors (Lipinski definition) is 1. The summed E-state index contributed by atoms with van der Waals surface area (Å²) in [6.07, 6.45) is 0. The number of hydrogen-bond acceptors (Lipinski definition) is 5. The molecule has 3 heterocycles. The van der Waals surface area contributed by atoms with Gasteiger partial charge < -0.3 is 24.1 Å². The van der Waals surface area contributed by atoms with Crippen molar-refractivity contribution in [2.45, 2.75) is 32.9 Å². The van der Waals surface area contributed by atoms with Crippen LogP contribution in [-0.2, 0) is 0 Å². The Labute approximate surface area is 196 Å². The van der Waals surface area contributed by atoms with Crippen molar-refractivity contribution in [1.82, 2.24) is 14.5 Å². The molecular weight excluding hydrogens is 433 g/mol. The Kier molecular flexibility index (Phi) is 5.25. The number of anilines is 1. The molecule has 1 aliphatic rings. The van der Waals surface area contributed by atoms with Gasteiger partial charge in [0.2, 0.25) is 0 Å². The first kappa shape index (κ1) is 22.2. The summed E-state index contributed by atoms with van der Waals surface area (Å²) in [4.78, 5) is 21.3. The van der Waals surface area contributed by atoms with Crippen LogP contribution in [0, 0.1) is 17.1 Å². The van der Waals surface area contributed by atoms with Gasteiger partial charge in [0.25, 0.3) is 0 Å². The molecule has 2 aromatic heterocycles. The normalized spacial score (nSPS) is 17.2. The van der Waals surface area contributed by atoms with Gasteiger partial charge in [-0.1, -0.05) is 6.07 Å². The van der Waals surface area contributed by atoms with Crippen LogP contribution in [0.3, 0.4) is 0 Å². The fraction of sp³-hybridized carbons (Fsp3) is 0.385. The van der Waals surface area contributed by atoms with Crippen LogP contribution in [-0.4, -0.2) is 54.3 Å². The van der Waals surface area contributed by atoms with Gasteiger partial charge in [0.1, 0.15) is 17.1 Å². The number of nitriles is 1. The molecule has 1 fully saturated rings. The summed E-state index contributed by atoms with van der Waals surface area (Å²) in [5.41, 5.74) is 2.13. The first-order valence-corrected chi connectivity index (χ1v) is 11.5. The van der Waals surface area contributed by atoms with Gasteiger partial charge in [-0.15, -0.1) is 0 Å². The molecule has 1 aliphatic heterocycles. The number of benzene rings is 2. The van der Waals surface area contributed by atoms with Crippen LogP contribution in [0.5, 0.6) is 5.75 Å². The SMILES string of the molecule is COc1cc2c(=O)c3c4ccc(C#N)cc4[nH]c3n(C(C)C)c2c(F)c1N1CCN(C)[C@@H](C)C1. The van der Waals surface area contributed by atoms with E-state index in [-0.39, 0.29) is 28.4 Å². The fourth-order valence-electron chi connectivity index (χ4n) is 5.14. The highest BCUT2D eigenvalue weighted by Gasteiger charge is 2.29. The van der Waals surface area contributed by atoms with E-state index < -0.39 is 5.82 Å².